The Hall–Kier alpha value is -2.58. The number of nitrogens with zero attached hydrogens (tertiary/aromatic N) is 5. The molecule has 10 nitrogen and oxygen atoms in total. The van der Waals surface area contributed by atoms with E-state index in [0.717, 1.165) is 47.0 Å². The average Bonchev–Trinajstić information content (AvgIpc) is 3.47. The summed E-state index contributed by atoms with van der Waals surface area (Å²) in [5.41, 5.74) is 8.65. The number of sulfonamides is 1. The van der Waals surface area contributed by atoms with E-state index in [0.29, 0.717) is 34.2 Å². The Morgan fingerprint density at radius 2 is 1.91 bits per heavy atom. The first-order chi connectivity index (χ1) is 15.5. The monoisotopic (exact) mass is 488 g/mol. The second-order valence-corrected chi connectivity index (χ2v) is 11.0. The summed E-state index contributed by atoms with van der Waals surface area (Å²) >= 11 is 2.25. The molecule has 32 heavy (non-hydrogen) atoms. The first-order valence-electron chi connectivity index (χ1n) is 9.94. The van der Waals surface area contributed by atoms with E-state index < -0.39 is 10.0 Å². The molecule has 2 aromatic carbocycles. The van der Waals surface area contributed by atoms with Crippen molar-refractivity contribution in [3.8, 4) is 22.5 Å². The van der Waals surface area contributed by atoms with Crippen molar-refractivity contribution in [2.45, 2.75) is 29.1 Å². The number of fused-ring (bicyclic) bond motifs is 1. The summed E-state index contributed by atoms with van der Waals surface area (Å²) in [7, 11) is -3.74. The SMILES string of the molecule is NSc1c(S(=O)(=O)N2CCCCC2)ccc(-c2cccc3sc(N)nc23)c1-c1nn[nH]n1. The van der Waals surface area contributed by atoms with Crippen LogP contribution in [0.2, 0.25) is 0 Å². The summed E-state index contributed by atoms with van der Waals surface area (Å²) in [6.45, 7) is 0.988. The Bertz CT molecular complexity index is 1380. The largest absolute Gasteiger partial charge is 0.375 e. The average molecular weight is 489 g/mol. The zero-order valence-corrected chi connectivity index (χ0v) is 19.3. The number of aromatic nitrogens is 5. The van der Waals surface area contributed by atoms with E-state index in [2.05, 4.69) is 25.6 Å². The Morgan fingerprint density at radius 3 is 2.62 bits per heavy atom. The topological polar surface area (TPSA) is 157 Å². The molecule has 1 saturated heterocycles. The van der Waals surface area contributed by atoms with E-state index in [1.165, 1.54) is 15.6 Å². The number of nitrogens with one attached hydrogen (secondary N) is 1. The molecule has 1 aliphatic rings. The maximum atomic E-state index is 13.5. The highest BCUT2D eigenvalue weighted by atomic mass is 32.2. The fraction of sp³-hybridized carbons (Fsp3) is 0.263. The molecule has 1 aliphatic heterocycles. The van der Waals surface area contributed by atoms with Crippen LogP contribution in [0.1, 0.15) is 19.3 Å². The molecule has 4 aromatic rings. The second kappa shape index (κ2) is 8.41. The predicted octanol–water partition coefficient (Wildman–Crippen LogP) is 2.87. The molecular formula is C19H20N8O2S3. The smallest absolute Gasteiger partial charge is 0.244 e. The summed E-state index contributed by atoms with van der Waals surface area (Å²) in [5, 5.41) is 20.9. The molecule has 5 N–H and O–H groups in total. The number of anilines is 1. The van der Waals surface area contributed by atoms with Crippen LogP contribution >= 0.6 is 23.3 Å². The number of hydrogen-bond donors (Lipinski definition) is 3. The molecule has 0 amide bonds. The van der Waals surface area contributed by atoms with Gasteiger partial charge < -0.3 is 5.73 Å². The van der Waals surface area contributed by atoms with Crippen LogP contribution in [0, 0.1) is 0 Å². The van der Waals surface area contributed by atoms with Crippen LogP contribution in [0.4, 0.5) is 5.13 Å². The maximum Gasteiger partial charge on any atom is 0.244 e. The first-order valence-corrected chi connectivity index (χ1v) is 13.1. The third-order valence-corrected chi connectivity index (χ3v) is 9.05. The molecule has 2 aromatic heterocycles. The molecule has 0 bridgehead atoms. The Labute approximate surface area is 192 Å². The number of nitrogens with two attached hydrogens (primary N) is 2. The third kappa shape index (κ3) is 3.55. The van der Waals surface area contributed by atoms with E-state index in [1.54, 1.807) is 12.1 Å². The van der Waals surface area contributed by atoms with Gasteiger partial charge in [0.25, 0.3) is 0 Å². The lowest BCUT2D eigenvalue weighted by Gasteiger charge is -2.27. The Morgan fingerprint density at radius 1 is 1.09 bits per heavy atom. The van der Waals surface area contributed by atoms with Crippen molar-refractivity contribution in [1.29, 1.82) is 0 Å². The van der Waals surface area contributed by atoms with Crippen LogP contribution in [0.25, 0.3) is 32.7 Å². The van der Waals surface area contributed by atoms with Crippen LogP contribution in [0.3, 0.4) is 0 Å². The molecule has 0 radical (unpaired) electrons. The van der Waals surface area contributed by atoms with Crippen LogP contribution in [0.5, 0.6) is 0 Å². The molecule has 0 aliphatic carbocycles. The van der Waals surface area contributed by atoms with E-state index in [-0.39, 0.29) is 10.7 Å². The molecule has 5 rings (SSSR count). The van der Waals surface area contributed by atoms with Gasteiger partial charge in [0.1, 0.15) is 0 Å². The molecular weight excluding hydrogens is 468 g/mol. The van der Waals surface area contributed by atoms with Gasteiger partial charge in [-0.05, 0) is 47.7 Å². The van der Waals surface area contributed by atoms with Crippen LogP contribution < -0.4 is 10.9 Å². The summed E-state index contributed by atoms with van der Waals surface area (Å²) in [6.07, 6.45) is 2.71. The molecule has 1 fully saturated rings. The third-order valence-electron chi connectivity index (χ3n) is 5.47. The standard InChI is InChI=1S/C19H20N8O2S3/c20-19-22-16-12(5-4-6-13(16)30-19)11-7-8-14(32(28,29)27-9-2-1-3-10-27)17(31-21)15(11)18-23-25-26-24-18/h4-8H,1-3,9-10,21H2,(H2,20,22)(H,23,24,25,26). The number of benzene rings is 2. The fourth-order valence-corrected chi connectivity index (χ4v) is 7.34. The number of H-pyrrole nitrogens is 1. The van der Waals surface area contributed by atoms with Crippen LogP contribution in [-0.2, 0) is 10.0 Å². The van der Waals surface area contributed by atoms with Crippen molar-refractivity contribution >= 4 is 48.7 Å². The lowest BCUT2D eigenvalue weighted by atomic mass is 9.98. The van der Waals surface area contributed by atoms with E-state index in [9.17, 15) is 8.42 Å². The van der Waals surface area contributed by atoms with Gasteiger partial charge in [-0.3, -0.25) is 5.14 Å². The van der Waals surface area contributed by atoms with Crippen molar-refractivity contribution in [3.05, 3.63) is 30.3 Å². The number of para-hydroxylation sites is 1. The van der Waals surface area contributed by atoms with Crippen LogP contribution in [0.15, 0.2) is 40.1 Å². The summed E-state index contributed by atoms with van der Waals surface area (Å²) in [4.78, 5) is 4.99. The molecule has 0 spiro atoms. The van der Waals surface area contributed by atoms with Gasteiger partial charge in [0.2, 0.25) is 15.8 Å². The normalized spacial score (nSPS) is 15.4. The number of hydrogen-bond acceptors (Lipinski definition) is 10. The minimum absolute atomic E-state index is 0.139. The zero-order chi connectivity index (χ0) is 22.3. The lowest BCUT2D eigenvalue weighted by Crippen LogP contribution is -2.36. The van der Waals surface area contributed by atoms with Crippen molar-refractivity contribution in [2.75, 3.05) is 18.8 Å². The number of rotatable bonds is 5. The van der Waals surface area contributed by atoms with Crippen molar-refractivity contribution in [3.63, 3.8) is 0 Å². The Kier molecular flexibility index (Phi) is 5.59. The van der Waals surface area contributed by atoms with Crippen molar-refractivity contribution in [1.82, 2.24) is 29.9 Å². The van der Waals surface area contributed by atoms with Crippen molar-refractivity contribution < 1.29 is 8.42 Å². The summed E-state index contributed by atoms with van der Waals surface area (Å²) in [6, 6.07) is 9.11. The number of thiazole rings is 1. The first kappa shape index (κ1) is 21.3. The lowest BCUT2D eigenvalue weighted by molar-refractivity contribution is 0.346. The highest BCUT2D eigenvalue weighted by Gasteiger charge is 2.32. The quantitative estimate of drug-likeness (QED) is 0.359. The fourth-order valence-electron chi connectivity index (χ4n) is 4.03. The molecule has 3 heterocycles. The number of nitrogen functional groups attached to an aromatic ring is 1. The van der Waals surface area contributed by atoms with Crippen LogP contribution in [-0.4, -0.2) is 51.4 Å². The van der Waals surface area contributed by atoms with Crippen molar-refractivity contribution in [2.24, 2.45) is 5.14 Å². The summed E-state index contributed by atoms with van der Waals surface area (Å²) < 4.78 is 29.5. The van der Waals surface area contributed by atoms with Gasteiger partial charge in [0.05, 0.1) is 20.0 Å². The van der Waals surface area contributed by atoms with Gasteiger partial charge in [-0.1, -0.05) is 36.0 Å². The molecule has 0 atom stereocenters. The second-order valence-electron chi connectivity index (χ2n) is 7.34. The highest BCUT2D eigenvalue weighted by molar-refractivity contribution is 7.98. The highest BCUT2D eigenvalue weighted by Crippen LogP contribution is 2.43. The predicted molar refractivity (Wildman–Crippen MR) is 125 cm³/mol. The molecule has 13 heteroatoms. The van der Waals surface area contributed by atoms with E-state index >= 15 is 0 Å². The number of piperidine rings is 1. The van der Waals surface area contributed by atoms with Gasteiger partial charge in [-0.2, -0.15) is 9.52 Å². The molecule has 0 unspecified atom stereocenters. The minimum atomic E-state index is -3.74. The van der Waals surface area contributed by atoms with Gasteiger partial charge in [-0.25, -0.2) is 13.4 Å². The number of aromatic amines is 1. The van der Waals surface area contributed by atoms with Gasteiger partial charge >= 0.3 is 0 Å². The minimum Gasteiger partial charge on any atom is -0.375 e. The number of tetrazole rings is 1. The van der Waals surface area contributed by atoms with Gasteiger partial charge in [-0.15, -0.1) is 10.2 Å². The summed E-state index contributed by atoms with van der Waals surface area (Å²) in [5.74, 6) is 0.254. The Balaban J connectivity index is 1.78. The zero-order valence-electron chi connectivity index (χ0n) is 16.9. The van der Waals surface area contributed by atoms with E-state index in [4.69, 9.17) is 10.9 Å². The van der Waals surface area contributed by atoms with E-state index in [1.807, 2.05) is 18.2 Å². The molecule has 166 valence electrons. The van der Waals surface area contributed by atoms with Gasteiger partial charge in [0, 0.05) is 24.2 Å². The van der Waals surface area contributed by atoms with Gasteiger partial charge in [0.15, 0.2) is 5.13 Å². The maximum absolute atomic E-state index is 13.5. The molecule has 0 saturated carbocycles.